The molecular weight excluding hydrogens is 342 g/mol. The van der Waals surface area contributed by atoms with Gasteiger partial charge in [-0.1, -0.05) is 11.6 Å². The number of halogens is 5. The van der Waals surface area contributed by atoms with Crippen molar-refractivity contribution >= 4 is 37.2 Å². The van der Waals surface area contributed by atoms with Crippen molar-refractivity contribution in [2.24, 2.45) is 0 Å². The van der Waals surface area contributed by atoms with Crippen molar-refractivity contribution < 1.29 is 26.4 Å². The molecule has 1 amide bonds. The standard InChI is InChI=1S/C10H8Cl2F3NO3S/c1-16(5-10(13,14)15)9(17)6-2-3-7(11)8(4-6)20(12,18)19/h2-4H,5H2,1H3. The highest BCUT2D eigenvalue weighted by molar-refractivity contribution is 8.13. The summed E-state index contributed by atoms with van der Waals surface area (Å²) in [5.74, 6) is -0.999. The Morgan fingerprint density at radius 3 is 2.35 bits per heavy atom. The largest absolute Gasteiger partial charge is 0.406 e. The van der Waals surface area contributed by atoms with E-state index >= 15 is 0 Å². The van der Waals surface area contributed by atoms with Crippen molar-refractivity contribution in [2.75, 3.05) is 13.6 Å². The van der Waals surface area contributed by atoms with Crippen LogP contribution in [0, 0.1) is 0 Å². The summed E-state index contributed by atoms with van der Waals surface area (Å²) in [6, 6.07) is 3.02. The van der Waals surface area contributed by atoms with E-state index in [1.54, 1.807) is 0 Å². The van der Waals surface area contributed by atoms with Crippen molar-refractivity contribution in [3.8, 4) is 0 Å². The van der Waals surface area contributed by atoms with Crippen molar-refractivity contribution in [3.05, 3.63) is 28.8 Å². The Kier molecular flexibility index (Phi) is 4.94. The van der Waals surface area contributed by atoms with E-state index < -0.39 is 32.6 Å². The molecule has 1 rings (SSSR count). The predicted octanol–water partition coefficient (Wildman–Crippen LogP) is 2.90. The molecule has 4 nitrogen and oxygen atoms in total. The number of alkyl halides is 3. The Morgan fingerprint density at radius 2 is 1.90 bits per heavy atom. The van der Waals surface area contributed by atoms with E-state index in [2.05, 4.69) is 0 Å². The lowest BCUT2D eigenvalue weighted by molar-refractivity contribution is -0.138. The quantitative estimate of drug-likeness (QED) is 0.788. The van der Waals surface area contributed by atoms with Gasteiger partial charge < -0.3 is 4.90 Å². The van der Waals surface area contributed by atoms with Gasteiger partial charge in [0.2, 0.25) is 0 Å². The third-order valence-corrected chi connectivity index (χ3v) is 4.01. The summed E-state index contributed by atoms with van der Waals surface area (Å²) in [6.07, 6.45) is -4.56. The van der Waals surface area contributed by atoms with Crippen LogP contribution in [-0.4, -0.2) is 39.0 Å². The lowest BCUT2D eigenvalue weighted by Gasteiger charge is -2.19. The third kappa shape index (κ3) is 4.53. The minimum atomic E-state index is -4.56. The molecule has 1 aromatic rings. The fraction of sp³-hybridized carbons (Fsp3) is 0.300. The van der Waals surface area contributed by atoms with Crippen LogP contribution in [0.5, 0.6) is 0 Å². The minimum absolute atomic E-state index is 0.227. The lowest BCUT2D eigenvalue weighted by Crippen LogP contribution is -2.35. The molecule has 0 N–H and O–H groups in total. The first-order valence-corrected chi connectivity index (χ1v) is 7.67. The van der Waals surface area contributed by atoms with Gasteiger partial charge in [0.1, 0.15) is 11.4 Å². The number of benzene rings is 1. The Balaban J connectivity index is 3.13. The van der Waals surface area contributed by atoms with Crippen LogP contribution in [0.2, 0.25) is 5.02 Å². The number of hydrogen-bond donors (Lipinski definition) is 0. The van der Waals surface area contributed by atoms with Crippen LogP contribution in [0.4, 0.5) is 13.2 Å². The molecule has 10 heteroatoms. The Labute approximate surface area is 122 Å². The lowest BCUT2D eigenvalue weighted by atomic mass is 10.2. The zero-order chi connectivity index (χ0) is 15.7. The van der Waals surface area contributed by atoms with E-state index in [9.17, 15) is 26.4 Å². The monoisotopic (exact) mass is 349 g/mol. The van der Waals surface area contributed by atoms with E-state index in [-0.39, 0.29) is 10.6 Å². The fourth-order valence-electron chi connectivity index (χ4n) is 1.38. The van der Waals surface area contributed by atoms with Gasteiger partial charge in [-0.2, -0.15) is 13.2 Å². The molecule has 0 aromatic heterocycles. The topological polar surface area (TPSA) is 54.5 Å². The molecule has 0 aliphatic heterocycles. The van der Waals surface area contributed by atoms with Crippen molar-refractivity contribution in [3.63, 3.8) is 0 Å². The summed E-state index contributed by atoms with van der Waals surface area (Å²) in [6.45, 7) is -1.46. The molecule has 0 fully saturated rings. The molecule has 20 heavy (non-hydrogen) atoms. The van der Waals surface area contributed by atoms with E-state index in [1.807, 2.05) is 0 Å². The van der Waals surface area contributed by atoms with Gasteiger partial charge in [0, 0.05) is 23.3 Å². The summed E-state index contributed by atoms with van der Waals surface area (Å²) < 4.78 is 59.0. The van der Waals surface area contributed by atoms with Gasteiger partial charge in [0.15, 0.2) is 0 Å². The van der Waals surface area contributed by atoms with E-state index in [1.165, 1.54) is 0 Å². The zero-order valence-corrected chi connectivity index (χ0v) is 12.2. The van der Waals surface area contributed by atoms with E-state index in [4.69, 9.17) is 22.3 Å². The van der Waals surface area contributed by atoms with E-state index in [0.29, 0.717) is 4.90 Å². The maximum absolute atomic E-state index is 12.2. The maximum Gasteiger partial charge on any atom is 0.406 e. The van der Waals surface area contributed by atoms with Gasteiger partial charge in [-0.05, 0) is 18.2 Å². The number of amides is 1. The van der Waals surface area contributed by atoms with Gasteiger partial charge in [0.05, 0.1) is 5.02 Å². The van der Waals surface area contributed by atoms with Gasteiger partial charge >= 0.3 is 6.18 Å². The fourth-order valence-corrected chi connectivity index (χ4v) is 2.88. The Morgan fingerprint density at radius 1 is 1.35 bits per heavy atom. The average molecular weight is 350 g/mol. The number of nitrogens with zero attached hydrogens (tertiary/aromatic N) is 1. The smallest absolute Gasteiger partial charge is 0.333 e. The van der Waals surface area contributed by atoms with E-state index in [0.717, 1.165) is 25.2 Å². The summed E-state index contributed by atoms with van der Waals surface area (Å²) in [4.78, 5) is 11.6. The normalized spacial score (nSPS) is 12.3. The second-order valence-corrected chi connectivity index (χ2v) is 6.80. The molecule has 1 aromatic carbocycles. The molecule has 0 spiro atoms. The number of carbonyl (C=O) groups is 1. The second-order valence-electron chi connectivity index (χ2n) is 3.86. The van der Waals surface area contributed by atoms with Gasteiger partial charge in [0.25, 0.3) is 15.0 Å². The highest BCUT2D eigenvalue weighted by Crippen LogP contribution is 2.26. The van der Waals surface area contributed by atoms with Gasteiger partial charge in [-0.3, -0.25) is 4.79 Å². The molecule has 0 aliphatic rings. The Bertz CT molecular complexity index is 631. The summed E-state index contributed by atoms with van der Waals surface area (Å²) in [5, 5.41) is -0.227. The van der Waals surface area contributed by atoms with Crippen LogP contribution in [0.1, 0.15) is 10.4 Å². The molecule has 0 heterocycles. The highest BCUT2D eigenvalue weighted by atomic mass is 35.7. The zero-order valence-electron chi connectivity index (χ0n) is 9.91. The minimum Gasteiger partial charge on any atom is -0.333 e. The van der Waals surface area contributed by atoms with Crippen LogP contribution >= 0.6 is 22.3 Å². The molecule has 0 aliphatic carbocycles. The third-order valence-electron chi connectivity index (χ3n) is 2.20. The first kappa shape index (κ1) is 17.1. The maximum atomic E-state index is 12.2. The van der Waals surface area contributed by atoms with Crippen molar-refractivity contribution in [1.82, 2.24) is 4.90 Å². The molecule has 0 saturated heterocycles. The predicted molar refractivity (Wildman–Crippen MR) is 67.5 cm³/mol. The number of carbonyl (C=O) groups excluding carboxylic acids is 1. The summed E-state index contributed by atoms with van der Waals surface area (Å²) in [7, 11) is 1.85. The molecule has 0 saturated carbocycles. The van der Waals surface area contributed by atoms with Crippen LogP contribution in [0.3, 0.4) is 0 Å². The SMILES string of the molecule is CN(CC(F)(F)F)C(=O)c1ccc(Cl)c(S(=O)(=O)Cl)c1. The van der Waals surface area contributed by atoms with Crippen LogP contribution < -0.4 is 0 Å². The molecule has 0 bridgehead atoms. The van der Waals surface area contributed by atoms with Crippen LogP contribution in [0.25, 0.3) is 0 Å². The molecule has 0 atom stereocenters. The summed E-state index contributed by atoms with van der Waals surface area (Å²) in [5.41, 5.74) is -0.264. The number of hydrogen-bond acceptors (Lipinski definition) is 3. The van der Waals surface area contributed by atoms with Gasteiger partial charge in [-0.15, -0.1) is 0 Å². The van der Waals surface area contributed by atoms with Crippen LogP contribution in [-0.2, 0) is 9.05 Å². The van der Waals surface area contributed by atoms with Crippen molar-refractivity contribution in [2.45, 2.75) is 11.1 Å². The first-order chi connectivity index (χ1) is 8.92. The highest BCUT2D eigenvalue weighted by Gasteiger charge is 2.31. The van der Waals surface area contributed by atoms with Crippen LogP contribution in [0.15, 0.2) is 23.1 Å². The molecule has 0 radical (unpaired) electrons. The Hall–Kier alpha value is -0.990. The first-order valence-electron chi connectivity index (χ1n) is 4.98. The number of rotatable bonds is 3. The molecule has 0 unspecified atom stereocenters. The molecule has 112 valence electrons. The van der Waals surface area contributed by atoms with Crippen molar-refractivity contribution in [1.29, 1.82) is 0 Å². The van der Waals surface area contributed by atoms with Gasteiger partial charge in [-0.25, -0.2) is 8.42 Å². The molecular formula is C10H8Cl2F3NO3S. The summed E-state index contributed by atoms with van der Waals surface area (Å²) >= 11 is 5.60. The average Bonchev–Trinajstić information content (AvgIpc) is 2.24. The second kappa shape index (κ2) is 5.79.